The molecule has 0 aliphatic carbocycles. The van der Waals surface area contributed by atoms with Gasteiger partial charge in [0.15, 0.2) is 0 Å². The van der Waals surface area contributed by atoms with Crippen LogP contribution in [-0.2, 0) is 15.6 Å². The highest BCUT2D eigenvalue weighted by molar-refractivity contribution is 7.89. The number of thiophene rings is 1. The van der Waals surface area contributed by atoms with Gasteiger partial charge in [-0.05, 0) is 24.8 Å². The molecule has 17 heavy (non-hydrogen) atoms. The van der Waals surface area contributed by atoms with Crippen molar-refractivity contribution in [3.05, 3.63) is 22.4 Å². The van der Waals surface area contributed by atoms with Crippen LogP contribution in [0.25, 0.3) is 0 Å². The summed E-state index contributed by atoms with van der Waals surface area (Å²) in [5.41, 5.74) is -1.24. The average molecular weight is 281 g/mol. The Morgan fingerprint density at radius 1 is 1.59 bits per heavy atom. The van der Waals surface area contributed by atoms with Gasteiger partial charge in [0.2, 0.25) is 10.0 Å². The molecule has 0 saturated heterocycles. The van der Waals surface area contributed by atoms with E-state index >= 15 is 0 Å². The van der Waals surface area contributed by atoms with Crippen molar-refractivity contribution in [1.29, 1.82) is 0 Å². The van der Waals surface area contributed by atoms with Crippen LogP contribution in [0.3, 0.4) is 0 Å². The van der Waals surface area contributed by atoms with E-state index in [1.807, 2.05) is 0 Å². The van der Waals surface area contributed by atoms with Gasteiger partial charge in [-0.15, -0.1) is 11.3 Å². The molecule has 0 amide bonds. The third-order valence-corrected chi connectivity index (χ3v) is 4.77. The first-order valence-corrected chi connectivity index (χ1v) is 7.70. The summed E-state index contributed by atoms with van der Waals surface area (Å²) >= 11 is 1.35. The van der Waals surface area contributed by atoms with Crippen LogP contribution in [0.1, 0.15) is 18.2 Å². The van der Waals surface area contributed by atoms with Crippen LogP contribution in [0.2, 0.25) is 0 Å². The Balaban J connectivity index is 2.56. The number of halogens is 1. The van der Waals surface area contributed by atoms with E-state index in [1.54, 1.807) is 17.5 Å². The Morgan fingerprint density at radius 3 is 2.82 bits per heavy atom. The van der Waals surface area contributed by atoms with Crippen LogP contribution in [0.15, 0.2) is 17.5 Å². The van der Waals surface area contributed by atoms with Gasteiger partial charge >= 0.3 is 0 Å². The minimum absolute atomic E-state index is 0.0313. The van der Waals surface area contributed by atoms with Crippen LogP contribution in [-0.4, -0.2) is 32.5 Å². The van der Waals surface area contributed by atoms with Crippen molar-refractivity contribution in [2.24, 2.45) is 0 Å². The van der Waals surface area contributed by atoms with Crippen molar-refractivity contribution < 1.29 is 17.9 Å². The molecule has 1 aromatic rings. The van der Waals surface area contributed by atoms with Crippen molar-refractivity contribution in [1.82, 2.24) is 4.72 Å². The van der Waals surface area contributed by atoms with Crippen LogP contribution < -0.4 is 4.72 Å². The third-order valence-electron chi connectivity index (χ3n) is 2.24. The maximum Gasteiger partial charge on any atom is 0.211 e. The normalized spacial score (nSPS) is 15.7. The van der Waals surface area contributed by atoms with Crippen molar-refractivity contribution in [3.8, 4) is 0 Å². The predicted molar refractivity (Wildman–Crippen MR) is 66.3 cm³/mol. The standard InChI is InChI=1S/C10H16FNO3S2/c1-10(13,9-4-2-6-16-9)8-12-17(14,15)7-3-5-11/h2,4,6,12-13H,3,5,7-8H2,1H3/t10-/m0/s1. The summed E-state index contributed by atoms with van der Waals surface area (Å²) in [4.78, 5) is 0.686. The molecule has 1 rings (SSSR count). The summed E-state index contributed by atoms with van der Waals surface area (Å²) in [6.45, 7) is 0.765. The third kappa shape index (κ3) is 4.71. The number of hydrogen-bond acceptors (Lipinski definition) is 4. The first-order valence-electron chi connectivity index (χ1n) is 5.17. The molecule has 2 N–H and O–H groups in total. The number of nitrogens with one attached hydrogen (secondary N) is 1. The van der Waals surface area contributed by atoms with Gasteiger partial charge < -0.3 is 5.11 Å². The zero-order chi connectivity index (χ0) is 12.9. The summed E-state index contributed by atoms with van der Waals surface area (Å²) in [7, 11) is -3.51. The monoisotopic (exact) mass is 281 g/mol. The van der Waals surface area contributed by atoms with Crippen molar-refractivity contribution >= 4 is 21.4 Å². The van der Waals surface area contributed by atoms with Gasteiger partial charge in [0.1, 0.15) is 5.60 Å². The number of alkyl halides is 1. The molecule has 0 fully saturated rings. The summed E-state index contributed by atoms with van der Waals surface area (Å²) in [5.74, 6) is -0.260. The number of aliphatic hydroxyl groups is 1. The van der Waals surface area contributed by atoms with E-state index in [4.69, 9.17) is 0 Å². The lowest BCUT2D eigenvalue weighted by Crippen LogP contribution is -2.39. The molecule has 1 heterocycles. The van der Waals surface area contributed by atoms with Crippen molar-refractivity contribution in [2.75, 3.05) is 19.0 Å². The molecular weight excluding hydrogens is 265 g/mol. The molecule has 1 aromatic heterocycles. The Morgan fingerprint density at radius 2 is 2.29 bits per heavy atom. The lowest BCUT2D eigenvalue weighted by Gasteiger charge is -2.22. The van der Waals surface area contributed by atoms with Gasteiger partial charge in [-0.25, -0.2) is 13.1 Å². The van der Waals surface area contributed by atoms with Gasteiger partial charge in [0.05, 0.1) is 12.4 Å². The molecule has 0 spiro atoms. The Bertz CT molecular complexity index is 428. The summed E-state index contributed by atoms with van der Waals surface area (Å²) in [5, 5.41) is 11.9. The van der Waals surface area contributed by atoms with E-state index in [0.717, 1.165) is 0 Å². The van der Waals surface area contributed by atoms with Gasteiger partial charge in [0, 0.05) is 11.4 Å². The molecule has 1 atom stereocenters. The van der Waals surface area contributed by atoms with E-state index in [9.17, 15) is 17.9 Å². The zero-order valence-electron chi connectivity index (χ0n) is 9.52. The second kappa shape index (κ2) is 5.90. The molecule has 0 bridgehead atoms. The van der Waals surface area contributed by atoms with E-state index in [0.29, 0.717) is 4.88 Å². The second-order valence-electron chi connectivity index (χ2n) is 3.93. The molecule has 98 valence electrons. The fourth-order valence-electron chi connectivity index (χ4n) is 1.24. The highest BCUT2D eigenvalue weighted by Crippen LogP contribution is 2.24. The second-order valence-corrected chi connectivity index (χ2v) is 6.81. The maximum atomic E-state index is 11.9. The summed E-state index contributed by atoms with van der Waals surface area (Å²) in [6.07, 6.45) is -0.0313. The van der Waals surface area contributed by atoms with Crippen LogP contribution >= 0.6 is 11.3 Å². The number of hydrogen-bond donors (Lipinski definition) is 2. The minimum Gasteiger partial charge on any atom is -0.383 e. The van der Waals surface area contributed by atoms with E-state index in [1.165, 1.54) is 18.3 Å². The molecule has 0 aliphatic rings. The summed E-state index contributed by atoms with van der Waals surface area (Å²) in [6, 6.07) is 3.52. The molecular formula is C10H16FNO3S2. The molecule has 0 saturated carbocycles. The predicted octanol–water partition coefficient (Wildman–Crippen LogP) is 1.23. The van der Waals surface area contributed by atoms with Crippen LogP contribution in [0.4, 0.5) is 4.39 Å². The molecule has 4 nitrogen and oxygen atoms in total. The average Bonchev–Trinajstić information content (AvgIpc) is 2.78. The number of rotatable bonds is 7. The Labute approximate surface area is 105 Å². The quantitative estimate of drug-likeness (QED) is 0.790. The fourth-order valence-corrected chi connectivity index (χ4v) is 3.16. The minimum atomic E-state index is -3.51. The van der Waals surface area contributed by atoms with Crippen molar-refractivity contribution in [3.63, 3.8) is 0 Å². The van der Waals surface area contributed by atoms with E-state index < -0.39 is 22.3 Å². The van der Waals surface area contributed by atoms with Gasteiger partial charge in [0.25, 0.3) is 0 Å². The SMILES string of the molecule is C[C@](O)(CNS(=O)(=O)CCCF)c1cccs1. The number of sulfonamides is 1. The van der Waals surface area contributed by atoms with E-state index in [-0.39, 0.29) is 18.7 Å². The highest BCUT2D eigenvalue weighted by atomic mass is 32.2. The van der Waals surface area contributed by atoms with Crippen LogP contribution in [0.5, 0.6) is 0 Å². The van der Waals surface area contributed by atoms with Gasteiger partial charge in [-0.1, -0.05) is 6.07 Å². The molecule has 7 heteroatoms. The molecule has 0 aromatic carbocycles. The molecule has 0 unspecified atom stereocenters. The molecule has 0 aliphatic heterocycles. The van der Waals surface area contributed by atoms with Crippen LogP contribution in [0, 0.1) is 0 Å². The lowest BCUT2D eigenvalue weighted by atomic mass is 10.1. The Hall–Kier alpha value is -0.500. The van der Waals surface area contributed by atoms with Gasteiger partial charge in [-0.3, -0.25) is 4.39 Å². The summed E-state index contributed by atoms with van der Waals surface area (Å²) < 4.78 is 37.0. The largest absolute Gasteiger partial charge is 0.383 e. The zero-order valence-corrected chi connectivity index (χ0v) is 11.2. The van der Waals surface area contributed by atoms with Crippen molar-refractivity contribution in [2.45, 2.75) is 18.9 Å². The Kier molecular flexibility index (Phi) is 5.05. The van der Waals surface area contributed by atoms with E-state index in [2.05, 4.69) is 4.72 Å². The molecule has 0 radical (unpaired) electrons. The maximum absolute atomic E-state index is 11.9. The smallest absolute Gasteiger partial charge is 0.211 e. The highest BCUT2D eigenvalue weighted by Gasteiger charge is 2.26. The fraction of sp³-hybridized carbons (Fsp3) is 0.600. The lowest BCUT2D eigenvalue weighted by molar-refractivity contribution is 0.0666. The first-order chi connectivity index (χ1) is 7.87. The van der Waals surface area contributed by atoms with Gasteiger partial charge in [-0.2, -0.15) is 0 Å². The topological polar surface area (TPSA) is 66.4 Å². The first kappa shape index (κ1) is 14.6.